The molecule has 3 rings (SSSR count). The van der Waals surface area contributed by atoms with Crippen LogP contribution in [0.5, 0.6) is 0 Å². The van der Waals surface area contributed by atoms with Crippen molar-refractivity contribution in [2.75, 3.05) is 18.4 Å². The standard InChI is InChI=1S/C18H26N2OS/c1-13-11-16(22-15-5-3-2-4-6-15)7-8-17(13)20-18(21)14-9-10-19-12-14/h7-8,11,14-15,19H,2-6,9-10,12H2,1H3,(H,20,21). The molecule has 0 aromatic heterocycles. The molecule has 0 spiro atoms. The highest BCUT2D eigenvalue weighted by Crippen LogP contribution is 2.35. The minimum Gasteiger partial charge on any atom is -0.326 e. The summed E-state index contributed by atoms with van der Waals surface area (Å²) in [5.41, 5.74) is 2.13. The van der Waals surface area contributed by atoms with E-state index in [0.717, 1.165) is 30.4 Å². The van der Waals surface area contributed by atoms with Crippen molar-refractivity contribution in [1.29, 1.82) is 0 Å². The van der Waals surface area contributed by atoms with E-state index in [1.54, 1.807) is 0 Å². The Bertz CT molecular complexity index is 520. The Kier molecular flexibility index (Phi) is 5.42. The molecule has 3 nitrogen and oxygen atoms in total. The monoisotopic (exact) mass is 318 g/mol. The van der Waals surface area contributed by atoms with Gasteiger partial charge in [0.25, 0.3) is 0 Å². The summed E-state index contributed by atoms with van der Waals surface area (Å²) in [6.07, 6.45) is 7.78. The summed E-state index contributed by atoms with van der Waals surface area (Å²) in [4.78, 5) is 13.6. The van der Waals surface area contributed by atoms with Crippen LogP contribution in [0.15, 0.2) is 23.1 Å². The van der Waals surface area contributed by atoms with Crippen molar-refractivity contribution in [2.45, 2.75) is 55.6 Å². The van der Waals surface area contributed by atoms with Crippen LogP contribution in [0.3, 0.4) is 0 Å². The van der Waals surface area contributed by atoms with E-state index in [1.807, 2.05) is 11.8 Å². The summed E-state index contributed by atoms with van der Waals surface area (Å²) >= 11 is 2.01. The smallest absolute Gasteiger partial charge is 0.228 e. The summed E-state index contributed by atoms with van der Waals surface area (Å²) in [7, 11) is 0. The van der Waals surface area contributed by atoms with Crippen molar-refractivity contribution in [3.8, 4) is 0 Å². The third-order valence-corrected chi connectivity index (χ3v) is 6.07. The molecule has 1 saturated carbocycles. The summed E-state index contributed by atoms with van der Waals surface area (Å²) < 4.78 is 0. The highest BCUT2D eigenvalue weighted by atomic mass is 32.2. The second-order valence-corrected chi connectivity index (χ2v) is 7.91. The van der Waals surface area contributed by atoms with Crippen LogP contribution in [0.1, 0.15) is 44.1 Å². The lowest BCUT2D eigenvalue weighted by Crippen LogP contribution is -2.24. The second kappa shape index (κ2) is 7.51. The molecule has 1 aliphatic carbocycles. The Balaban J connectivity index is 1.60. The van der Waals surface area contributed by atoms with Gasteiger partial charge in [-0.2, -0.15) is 0 Å². The van der Waals surface area contributed by atoms with E-state index < -0.39 is 0 Å². The number of aryl methyl sites for hydroxylation is 1. The average molecular weight is 318 g/mol. The van der Waals surface area contributed by atoms with E-state index in [0.29, 0.717) is 0 Å². The van der Waals surface area contributed by atoms with Crippen LogP contribution >= 0.6 is 11.8 Å². The number of hydrogen-bond acceptors (Lipinski definition) is 3. The molecule has 1 atom stereocenters. The lowest BCUT2D eigenvalue weighted by molar-refractivity contribution is -0.119. The number of rotatable bonds is 4. The molecule has 1 aromatic rings. The first-order chi connectivity index (χ1) is 10.7. The number of carbonyl (C=O) groups is 1. The zero-order valence-corrected chi connectivity index (χ0v) is 14.2. The number of nitrogens with one attached hydrogen (secondary N) is 2. The minimum absolute atomic E-state index is 0.121. The van der Waals surface area contributed by atoms with Gasteiger partial charge in [-0.15, -0.1) is 11.8 Å². The van der Waals surface area contributed by atoms with Gasteiger partial charge in [0.2, 0.25) is 5.91 Å². The Morgan fingerprint density at radius 1 is 1.23 bits per heavy atom. The largest absolute Gasteiger partial charge is 0.326 e. The van der Waals surface area contributed by atoms with Crippen molar-refractivity contribution in [1.82, 2.24) is 5.32 Å². The maximum atomic E-state index is 12.2. The summed E-state index contributed by atoms with van der Waals surface area (Å²) in [6.45, 7) is 3.85. The molecule has 4 heteroatoms. The zero-order valence-electron chi connectivity index (χ0n) is 13.4. The molecule has 0 bridgehead atoms. The van der Waals surface area contributed by atoms with Crippen LogP contribution in [0.25, 0.3) is 0 Å². The zero-order chi connectivity index (χ0) is 15.4. The van der Waals surface area contributed by atoms with Crippen LogP contribution < -0.4 is 10.6 Å². The lowest BCUT2D eigenvalue weighted by atomic mass is 10.0. The maximum Gasteiger partial charge on any atom is 0.228 e. The Labute approximate surface area is 137 Å². The van der Waals surface area contributed by atoms with Gasteiger partial charge < -0.3 is 10.6 Å². The molecule has 0 radical (unpaired) electrons. The SMILES string of the molecule is Cc1cc(SC2CCCCC2)ccc1NC(=O)C1CCNC1. The summed E-state index contributed by atoms with van der Waals surface area (Å²) in [6, 6.07) is 6.46. The first kappa shape index (κ1) is 15.9. The predicted octanol–water partition coefficient (Wildman–Crippen LogP) is 3.97. The maximum absolute atomic E-state index is 12.2. The highest BCUT2D eigenvalue weighted by Gasteiger charge is 2.22. The van der Waals surface area contributed by atoms with Gasteiger partial charge in [-0.25, -0.2) is 0 Å². The first-order valence-electron chi connectivity index (χ1n) is 8.51. The number of hydrogen-bond donors (Lipinski definition) is 2. The van der Waals surface area contributed by atoms with Crippen LogP contribution in [0, 0.1) is 12.8 Å². The molecule has 2 aliphatic rings. The van der Waals surface area contributed by atoms with Crippen molar-refractivity contribution in [2.24, 2.45) is 5.92 Å². The second-order valence-electron chi connectivity index (χ2n) is 6.53. The van der Waals surface area contributed by atoms with Crippen molar-refractivity contribution >= 4 is 23.4 Å². The van der Waals surface area contributed by atoms with Gasteiger partial charge >= 0.3 is 0 Å². The quantitative estimate of drug-likeness (QED) is 0.882. The van der Waals surface area contributed by atoms with E-state index in [-0.39, 0.29) is 11.8 Å². The third-order valence-electron chi connectivity index (χ3n) is 4.74. The number of carbonyl (C=O) groups excluding carboxylic acids is 1. The number of thioether (sulfide) groups is 1. The van der Waals surface area contributed by atoms with Gasteiger partial charge in [-0.3, -0.25) is 4.79 Å². The Morgan fingerprint density at radius 3 is 2.73 bits per heavy atom. The predicted molar refractivity (Wildman–Crippen MR) is 93.5 cm³/mol. The lowest BCUT2D eigenvalue weighted by Gasteiger charge is -2.21. The molecule has 1 amide bonds. The molecular weight excluding hydrogens is 292 g/mol. The van der Waals surface area contributed by atoms with E-state index in [1.165, 1.54) is 42.6 Å². The van der Waals surface area contributed by atoms with Crippen molar-refractivity contribution < 1.29 is 4.79 Å². The molecule has 1 unspecified atom stereocenters. The highest BCUT2D eigenvalue weighted by molar-refractivity contribution is 8.00. The molecular formula is C18H26N2OS. The molecule has 1 heterocycles. The molecule has 120 valence electrons. The molecule has 2 fully saturated rings. The number of amides is 1. The molecule has 2 N–H and O–H groups in total. The van der Waals surface area contributed by atoms with Crippen molar-refractivity contribution in [3.63, 3.8) is 0 Å². The van der Waals surface area contributed by atoms with Gasteiger partial charge in [0.15, 0.2) is 0 Å². The topological polar surface area (TPSA) is 41.1 Å². The summed E-state index contributed by atoms with van der Waals surface area (Å²) in [5, 5.41) is 7.11. The van der Waals surface area contributed by atoms with Crippen LogP contribution in [0.4, 0.5) is 5.69 Å². The molecule has 1 aromatic carbocycles. The van der Waals surface area contributed by atoms with E-state index in [9.17, 15) is 4.79 Å². The average Bonchev–Trinajstić information content (AvgIpc) is 3.05. The number of benzene rings is 1. The minimum atomic E-state index is 0.121. The van der Waals surface area contributed by atoms with E-state index in [4.69, 9.17) is 0 Å². The van der Waals surface area contributed by atoms with Crippen LogP contribution in [-0.4, -0.2) is 24.2 Å². The normalized spacial score (nSPS) is 22.7. The fourth-order valence-corrected chi connectivity index (χ4v) is 4.68. The fourth-order valence-electron chi connectivity index (χ4n) is 3.34. The van der Waals surface area contributed by atoms with Gasteiger partial charge in [0, 0.05) is 22.4 Å². The molecule has 22 heavy (non-hydrogen) atoms. The van der Waals surface area contributed by atoms with Gasteiger partial charge in [0.1, 0.15) is 0 Å². The Morgan fingerprint density at radius 2 is 2.05 bits per heavy atom. The van der Waals surface area contributed by atoms with Gasteiger partial charge in [0.05, 0.1) is 5.92 Å². The fraction of sp³-hybridized carbons (Fsp3) is 0.611. The van der Waals surface area contributed by atoms with Crippen molar-refractivity contribution in [3.05, 3.63) is 23.8 Å². The third kappa shape index (κ3) is 4.05. The van der Waals surface area contributed by atoms with Gasteiger partial charge in [-0.1, -0.05) is 19.3 Å². The van der Waals surface area contributed by atoms with Crippen LogP contribution in [-0.2, 0) is 4.79 Å². The first-order valence-corrected chi connectivity index (χ1v) is 9.39. The Hall–Kier alpha value is -1.00. The number of anilines is 1. The molecule has 1 aliphatic heterocycles. The van der Waals surface area contributed by atoms with E-state index >= 15 is 0 Å². The summed E-state index contributed by atoms with van der Waals surface area (Å²) in [5.74, 6) is 0.275. The molecule has 1 saturated heterocycles. The van der Waals surface area contributed by atoms with E-state index in [2.05, 4.69) is 35.8 Å². The van der Waals surface area contributed by atoms with Gasteiger partial charge in [-0.05, 0) is 56.5 Å². The van der Waals surface area contributed by atoms with Crippen LogP contribution in [0.2, 0.25) is 0 Å².